The van der Waals surface area contributed by atoms with Gasteiger partial charge in [0.1, 0.15) is 11.6 Å². The highest BCUT2D eigenvalue weighted by molar-refractivity contribution is 7.99. The minimum absolute atomic E-state index is 0.266. The molecule has 4 aromatic rings. The highest BCUT2D eigenvalue weighted by atomic mass is 32.2. The fourth-order valence-electron chi connectivity index (χ4n) is 3.19. The van der Waals surface area contributed by atoms with Gasteiger partial charge in [-0.3, -0.25) is 0 Å². The van der Waals surface area contributed by atoms with Crippen LogP contribution in [0.5, 0.6) is 5.75 Å². The van der Waals surface area contributed by atoms with E-state index in [9.17, 15) is 4.39 Å². The van der Waals surface area contributed by atoms with Gasteiger partial charge in [0.15, 0.2) is 11.0 Å². The normalized spacial score (nSPS) is 11.2. The van der Waals surface area contributed by atoms with E-state index < -0.39 is 0 Å². The van der Waals surface area contributed by atoms with Crippen LogP contribution in [-0.4, -0.2) is 31.7 Å². The van der Waals surface area contributed by atoms with Crippen molar-refractivity contribution in [3.05, 3.63) is 60.5 Å². The van der Waals surface area contributed by atoms with Gasteiger partial charge in [0.2, 0.25) is 0 Å². The first-order valence-electron chi connectivity index (χ1n) is 9.16. The summed E-state index contributed by atoms with van der Waals surface area (Å²) in [7, 11) is 1.98. The van der Waals surface area contributed by atoms with Crippen LogP contribution in [0.15, 0.2) is 59.9 Å². The lowest BCUT2D eigenvalue weighted by Crippen LogP contribution is -2.02. The molecule has 2 aromatic heterocycles. The van der Waals surface area contributed by atoms with Crippen LogP contribution < -0.4 is 4.74 Å². The molecule has 2 heterocycles. The molecule has 0 aliphatic rings. The van der Waals surface area contributed by atoms with Crippen molar-refractivity contribution in [3.63, 3.8) is 0 Å². The van der Waals surface area contributed by atoms with E-state index >= 15 is 0 Å². The van der Waals surface area contributed by atoms with Crippen molar-refractivity contribution in [1.82, 2.24) is 19.3 Å². The van der Waals surface area contributed by atoms with E-state index in [0.717, 1.165) is 28.8 Å². The fraction of sp³-hybridized carbons (Fsp3) is 0.238. The first-order chi connectivity index (χ1) is 13.7. The highest BCUT2D eigenvalue weighted by Crippen LogP contribution is 2.31. The van der Waals surface area contributed by atoms with Gasteiger partial charge in [0, 0.05) is 42.0 Å². The SMILES string of the molecule is CCn1cc(-c2nnc(SCCOc3ccc(F)cc3)n2C)c2ccccc21. The summed E-state index contributed by atoms with van der Waals surface area (Å²) in [4.78, 5) is 0. The summed E-state index contributed by atoms with van der Waals surface area (Å²) < 4.78 is 22.8. The highest BCUT2D eigenvalue weighted by Gasteiger charge is 2.16. The number of fused-ring (bicyclic) bond motifs is 1. The Morgan fingerprint density at radius 3 is 2.64 bits per heavy atom. The smallest absolute Gasteiger partial charge is 0.191 e. The number of thioether (sulfide) groups is 1. The van der Waals surface area contributed by atoms with Crippen molar-refractivity contribution in [2.45, 2.75) is 18.6 Å². The molecule has 0 aliphatic heterocycles. The van der Waals surface area contributed by atoms with Gasteiger partial charge in [-0.15, -0.1) is 10.2 Å². The molecule has 4 rings (SSSR count). The second kappa shape index (κ2) is 8.06. The molecule has 144 valence electrons. The van der Waals surface area contributed by atoms with E-state index in [2.05, 4.69) is 46.1 Å². The van der Waals surface area contributed by atoms with E-state index in [1.54, 1.807) is 23.9 Å². The number of aromatic nitrogens is 4. The molecule has 7 heteroatoms. The monoisotopic (exact) mass is 396 g/mol. The average Bonchev–Trinajstić information content (AvgIpc) is 3.27. The second-order valence-corrected chi connectivity index (χ2v) is 7.42. The number of rotatable bonds is 7. The van der Waals surface area contributed by atoms with Gasteiger partial charge in [-0.2, -0.15) is 0 Å². The third-order valence-electron chi connectivity index (χ3n) is 4.60. The Balaban J connectivity index is 1.47. The summed E-state index contributed by atoms with van der Waals surface area (Å²) in [5.74, 6) is 1.97. The molecule has 0 saturated carbocycles. The summed E-state index contributed by atoms with van der Waals surface area (Å²) in [5, 5.41) is 10.8. The molecule has 0 saturated heterocycles. The van der Waals surface area contributed by atoms with Crippen molar-refractivity contribution in [2.24, 2.45) is 7.05 Å². The zero-order valence-corrected chi connectivity index (χ0v) is 16.6. The number of ether oxygens (including phenoxy) is 1. The Labute approximate surface area is 167 Å². The number of aryl methyl sites for hydroxylation is 1. The van der Waals surface area contributed by atoms with Crippen LogP contribution in [0.2, 0.25) is 0 Å². The number of benzene rings is 2. The number of hydrogen-bond donors (Lipinski definition) is 0. The third-order valence-corrected chi connectivity index (χ3v) is 5.59. The van der Waals surface area contributed by atoms with Crippen LogP contribution in [-0.2, 0) is 13.6 Å². The van der Waals surface area contributed by atoms with E-state index in [0.29, 0.717) is 12.4 Å². The molecule has 0 spiro atoms. The van der Waals surface area contributed by atoms with Crippen LogP contribution in [0.3, 0.4) is 0 Å². The second-order valence-electron chi connectivity index (χ2n) is 6.36. The number of halogens is 1. The lowest BCUT2D eigenvalue weighted by atomic mass is 10.1. The summed E-state index contributed by atoms with van der Waals surface area (Å²) in [6.45, 7) is 3.55. The lowest BCUT2D eigenvalue weighted by molar-refractivity contribution is 0.343. The van der Waals surface area contributed by atoms with Crippen LogP contribution in [0.1, 0.15) is 6.92 Å². The standard InChI is InChI=1S/C21H21FN4OS/c1-3-26-14-18(17-6-4-5-7-19(17)26)20-23-24-21(25(20)2)28-13-12-27-16-10-8-15(22)9-11-16/h4-11,14H,3,12-13H2,1-2H3. The van der Waals surface area contributed by atoms with E-state index in [1.807, 2.05) is 17.7 Å². The minimum atomic E-state index is -0.266. The number of nitrogens with zero attached hydrogens (tertiary/aromatic N) is 4. The molecule has 0 aliphatic carbocycles. The molecule has 2 aromatic carbocycles. The van der Waals surface area contributed by atoms with Gasteiger partial charge < -0.3 is 13.9 Å². The zero-order valence-electron chi connectivity index (χ0n) is 15.8. The Morgan fingerprint density at radius 1 is 1.07 bits per heavy atom. The molecule has 0 bridgehead atoms. The zero-order chi connectivity index (χ0) is 19.5. The summed E-state index contributed by atoms with van der Waals surface area (Å²) in [5.41, 5.74) is 2.28. The Kier molecular flexibility index (Phi) is 5.34. The van der Waals surface area contributed by atoms with Crippen LogP contribution in [0, 0.1) is 5.82 Å². The van der Waals surface area contributed by atoms with Crippen LogP contribution in [0.4, 0.5) is 4.39 Å². The molecule has 0 amide bonds. The maximum absolute atomic E-state index is 12.9. The molecule has 0 N–H and O–H groups in total. The van der Waals surface area contributed by atoms with Gasteiger partial charge in [0.25, 0.3) is 0 Å². The van der Waals surface area contributed by atoms with Crippen molar-refractivity contribution >= 4 is 22.7 Å². The Hall–Kier alpha value is -2.80. The average molecular weight is 396 g/mol. The van der Waals surface area contributed by atoms with Gasteiger partial charge in [-0.25, -0.2) is 4.39 Å². The molecule has 28 heavy (non-hydrogen) atoms. The predicted octanol–water partition coefficient (Wildman–Crippen LogP) is 4.77. The Morgan fingerprint density at radius 2 is 1.86 bits per heavy atom. The van der Waals surface area contributed by atoms with E-state index in [4.69, 9.17) is 4.74 Å². The first kappa shape index (κ1) is 18.6. The molecule has 0 atom stereocenters. The van der Waals surface area contributed by atoms with Crippen molar-refractivity contribution in [2.75, 3.05) is 12.4 Å². The lowest BCUT2D eigenvalue weighted by Gasteiger charge is -2.06. The topological polar surface area (TPSA) is 44.9 Å². The molecular weight excluding hydrogens is 375 g/mol. The van der Waals surface area contributed by atoms with Crippen molar-refractivity contribution in [1.29, 1.82) is 0 Å². The van der Waals surface area contributed by atoms with Crippen molar-refractivity contribution in [3.8, 4) is 17.1 Å². The molecule has 0 fully saturated rings. The van der Waals surface area contributed by atoms with Gasteiger partial charge in [-0.05, 0) is 37.3 Å². The maximum Gasteiger partial charge on any atom is 0.191 e. The number of hydrogen-bond acceptors (Lipinski definition) is 4. The van der Waals surface area contributed by atoms with Crippen molar-refractivity contribution < 1.29 is 9.13 Å². The maximum atomic E-state index is 12.9. The van der Waals surface area contributed by atoms with Gasteiger partial charge in [-0.1, -0.05) is 30.0 Å². The van der Waals surface area contributed by atoms with Crippen LogP contribution >= 0.6 is 11.8 Å². The quantitative estimate of drug-likeness (QED) is 0.334. The van der Waals surface area contributed by atoms with Gasteiger partial charge >= 0.3 is 0 Å². The molecular formula is C21H21FN4OS. The van der Waals surface area contributed by atoms with Gasteiger partial charge in [0.05, 0.1) is 6.61 Å². The first-order valence-corrected chi connectivity index (χ1v) is 10.1. The molecule has 0 unspecified atom stereocenters. The minimum Gasteiger partial charge on any atom is -0.493 e. The third kappa shape index (κ3) is 3.62. The Bertz CT molecular complexity index is 1090. The summed E-state index contributed by atoms with van der Waals surface area (Å²) in [6, 6.07) is 14.4. The van der Waals surface area contributed by atoms with Crippen LogP contribution in [0.25, 0.3) is 22.3 Å². The predicted molar refractivity (Wildman–Crippen MR) is 110 cm³/mol. The number of para-hydroxylation sites is 1. The largest absolute Gasteiger partial charge is 0.493 e. The molecule has 5 nitrogen and oxygen atoms in total. The summed E-state index contributed by atoms with van der Waals surface area (Å²) >= 11 is 1.59. The van der Waals surface area contributed by atoms with E-state index in [-0.39, 0.29) is 5.82 Å². The van der Waals surface area contributed by atoms with E-state index in [1.165, 1.54) is 23.0 Å². The fourth-order valence-corrected chi connectivity index (χ4v) is 3.91. The molecule has 0 radical (unpaired) electrons. The summed E-state index contributed by atoms with van der Waals surface area (Å²) in [6.07, 6.45) is 2.14.